The lowest BCUT2D eigenvalue weighted by molar-refractivity contribution is -0.116. The second-order valence-electron chi connectivity index (χ2n) is 4.30. The third-order valence-corrected chi connectivity index (χ3v) is 3.08. The third-order valence-electron chi connectivity index (χ3n) is 3.08. The molecule has 1 unspecified atom stereocenters. The molecule has 0 aromatic rings. The Hall–Kier alpha value is -0.380. The van der Waals surface area contributed by atoms with Crippen LogP contribution >= 0.6 is 0 Å². The van der Waals surface area contributed by atoms with E-state index in [1.807, 2.05) is 0 Å². The summed E-state index contributed by atoms with van der Waals surface area (Å²) in [5.41, 5.74) is 1.45. The van der Waals surface area contributed by atoms with Crippen LogP contribution in [0, 0.1) is 0 Å². The molecule has 1 aliphatic rings. The van der Waals surface area contributed by atoms with E-state index in [-0.39, 0.29) is 12.3 Å². The fourth-order valence-electron chi connectivity index (χ4n) is 2.22. The summed E-state index contributed by atoms with van der Waals surface area (Å²) in [4.78, 5) is 0. The summed E-state index contributed by atoms with van der Waals surface area (Å²) in [7, 11) is 3.41. The first-order valence-electron chi connectivity index (χ1n) is 6.31. The van der Waals surface area contributed by atoms with Crippen molar-refractivity contribution >= 4 is 0 Å². The van der Waals surface area contributed by atoms with Crippen LogP contribution in [0.25, 0.3) is 0 Å². The van der Waals surface area contributed by atoms with Crippen LogP contribution < -0.4 is 5.32 Å². The highest BCUT2D eigenvalue weighted by Gasteiger charge is 2.24. The van der Waals surface area contributed by atoms with Gasteiger partial charge in [-0.1, -0.05) is 18.6 Å². The highest BCUT2D eigenvalue weighted by Crippen LogP contribution is 2.23. The Morgan fingerprint density at radius 3 is 2.56 bits per heavy atom. The van der Waals surface area contributed by atoms with Crippen molar-refractivity contribution in [2.24, 2.45) is 0 Å². The molecular weight excluding hydrogens is 202 g/mol. The Bertz CT molecular complexity index is 212. The zero-order chi connectivity index (χ0) is 11.8. The van der Waals surface area contributed by atoms with Crippen LogP contribution in [0.3, 0.4) is 0 Å². The number of nitrogens with one attached hydrogen (secondary N) is 1. The molecule has 0 aromatic heterocycles. The predicted octanol–water partition coefficient (Wildman–Crippen LogP) is 2.47. The summed E-state index contributed by atoms with van der Waals surface area (Å²) in [6.07, 6.45) is 8.28. The van der Waals surface area contributed by atoms with Gasteiger partial charge in [0.1, 0.15) is 0 Å². The molecule has 1 N–H and O–H groups in total. The molecule has 0 spiro atoms. The van der Waals surface area contributed by atoms with Crippen molar-refractivity contribution in [3.63, 3.8) is 0 Å². The van der Waals surface area contributed by atoms with E-state index in [0.717, 1.165) is 13.0 Å². The Balaban J connectivity index is 2.64. The molecule has 0 saturated heterocycles. The first-order chi connectivity index (χ1) is 7.83. The minimum Gasteiger partial charge on any atom is -0.354 e. The van der Waals surface area contributed by atoms with E-state index in [9.17, 15) is 0 Å². The summed E-state index contributed by atoms with van der Waals surface area (Å²) in [5, 5.41) is 3.52. The highest BCUT2D eigenvalue weighted by molar-refractivity contribution is 5.14. The van der Waals surface area contributed by atoms with Gasteiger partial charge in [0.05, 0.1) is 6.04 Å². The van der Waals surface area contributed by atoms with Gasteiger partial charge in [0, 0.05) is 14.2 Å². The summed E-state index contributed by atoms with van der Waals surface area (Å²) in [5.74, 6) is 0. The quantitative estimate of drug-likeness (QED) is 0.535. The number of allylic oxidation sites excluding steroid dienone is 1. The van der Waals surface area contributed by atoms with Crippen molar-refractivity contribution in [2.75, 3.05) is 20.8 Å². The van der Waals surface area contributed by atoms with Gasteiger partial charge >= 0.3 is 0 Å². The van der Waals surface area contributed by atoms with Gasteiger partial charge in [-0.05, 0) is 38.6 Å². The average molecular weight is 227 g/mol. The monoisotopic (exact) mass is 227 g/mol. The lowest BCUT2D eigenvalue weighted by Gasteiger charge is -2.29. The second-order valence-corrected chi connectivity index (χ2v) is 4.30. The zero-order valence-electron chi connectivity index (χ0n) is 10.8. The maximum Gasteiger partial charge on any atom is 0.175 e. The summed E-state index contributed by atoms with van der Waals surface area (Å²) >= 11 is 0. The number of hydrogen-bond donors (Lipinski definition) is 1. The molecule has 1 atom stereocenters. The van der Waals surface area contributed by atoms with Gasteiger partial charge in [-0.3, -0.25) is 0 Å². The van der Waals surface area contributed by atoms with Crippen LogP contribution in [-0.2, 0) is 9.47 Å². The van der Waals surface area contributed by atoms with Crippen LogP contribution in [0.2, 0.25) is 0 Å². The minimum absolute atomic E-state index is 0.170. The first-order valence-corrected chi connectivity index (χ1v) is 6.31. The lowest BCUT2D eigenvalue weighted by Crippen LogP contribution is -2.44. The summed E-state index contributed by atoms with van der Waals surface area (Å²) in [6, 6.07) is 0.218. The van der Waals surface area contributed by atoms with Gasteiger partial charge < -0.3 is 14.8 Å². The van der Waals surface area contributed by atoms with Crippen molar-refractivity contribution in [3.8, 4) is 0 Å². The Kier molecular flexibility index (Phi) is 6.69. The van der Waals surface area contributed by atoms with E-state index in [1.165, 1.54) is 31.3 Å². The van der Waals surface area contributed by atoms with Crippen molar-refractivity contribution in [2.45, 2.75) is 51.4 Å². The molecule has 0 bridgehead atoms. The molecule has 1 rings (SSSR count). The molecule has 0 heterocycles. The highest BCUT2D eigenvalue weighted by atomic mass is 16.7. The van der Waals surface area contributed by atoms with E-state index >= 15 is 0 Å². The minimum atomic E-state index is -0.170. The van der Waals surface area contributed by atoms with Crippen LogP contribution in [0.4, 0.5) is 0 Å². The van der Waals surface area contributed by atoms with Gasteiger partial charge in [0.25, 0.3) is 0 Å². The van der Waals surface area contributed by atoms with E-state index < -0.39 is 0 Å². The Morgan fingerprint density at radius 1 is 1.31 bits per heavy atom. The topological polar surface area (TPSA) is 30.5 Å². The summed E-state index contributed by atoms with van der Waals surface area (Å²) in [6.45, 7) is 3.18. The fourth-order valence-corrected chi connectivity index (χ4v) is 2.22. The largest absolute Gasteiger partial charge is 0.354 e. The standard InChI is InChI=1S/C13H25NO2/c1-4-10-14-12(13(15-2)16-3)11-8-6-5-7-9-11/h8,12-14H,4-7,9-10H2,1-3H3. The number of hydrogen-bond acceptors (Lipinski definition) is 3. The molecule has 94 valence electrons. The van der Waals surface area contributed by atoms with Crippen molar-refractivity contribution < 1.29 is 9.47 Å². The number of ether oxygens (including phenoxy) is 2. The van der Waals surface area contributed by atoms with Crippen LogP contribution in [0.15, 0.2) is 11.6 Å². The molecular formula is C13H25NO2. The van der Waals surface area contributed by atoms with E-state index in [1.54, 1.807) is 14.2 Å². The van der Waals surface area contributed by atoms with Gasteiger partial charge in [0.15, 0.2) is 6.29 Å². The van der Waals surface area contributed by atoms with Gasteiger partial charge in [-0.25, -0.2) is 0 Å². The molecule has 0 aliphatic heterocycles. The lowest BCUT2D eigenvalue weighted by atomic mass is 9.93. The molecule has 1 aliphatic carbocycles. The van der Waals surface area contributed by atoms with E-state index in [0.29, 0.717) is 0 Å². The number of rotatable bonds is 7. The fraction of sp³-hybridized carbons (Fsp3) is 0.846. The van der Waals surface area contributed by atoms with E-state index in [4.69, 9.17) is 9.47 Å². The predicted molar refractivity (Wildman–Crippen MR) is 66.4 cm³/mol. The van der Waals surface area contributed by atoms with Crippen LogP contribution in [0.5, 0.6) is 0 Å². The molecule has 3 heteroatoms. The van der Waals surface area contributed by atoms with Crippen LogP contribution in [0.1, 0.15) is 39.0 Å². The molecule has 0 saturated carbocycles. The van der Waals surface area contributed by atoms with E-state index in [2.05, 4.69) is 18.3 Å². The van der Waals surface area contributed by atoms with Crippen molar-refractivity contribution in [1.29, 1.82) is 0 Å². The molecule has 0 aromatic carbocycles. The maximum absolute atomic E-state index is 5.39. The van der Waals surface area contributed by atoms with Gasteiger partial charge in [-0.2, -0.15) is 0 Å². The molecule has 0 amide bonds. The molecule has 3 nitrogen and oxygen atoms in total. The average Bonchev–Trinajstić information content (AvgIpc) is 2.35. The summed E-state index contributed by atoms with van der Waals surface area (Å²) < 4.78 is 10.8. The SMILES string of the molecule is CCCNC(C1=CCCCC1)C(OC)OC. The molecule has 16 heavy (non-hydrogen) atoms. The molecule has 0 radical (unpaired) electrons. The van der Waals surface area contributed by atoms with Crippen molar-refractivity contribution in [1.82, 2.24) is 5.32 Å². The van der Waals surface area contributed by atoms with Gasteiger partial charge in [-0.15, -0.1) is 0 Å². The maximum atomic E-state index is 5.39. The first kappa shape index (κ1) is 13.7. The van der Waals surface area contributed by atoms with Crippen LogP contribution in [-0.4, -0.2) is 33.1 Å². The number of methoxy groups -OCH3 is 2. The van der Waals surface area contributed by atoms with Crippen molar-refractivity contribution in [3.05, 3.63) is 11.6 Å². The Labute approximate surface area is 99.2 Å². The zero-order valence-corrected chi connectivity index (χ0v) is 10.8. The van der Waals surface area contributed by atoms with Gasteiger partial charge in [0.2, 0.25) is 0 Å². The Morgan fingerprint density at radius 2 is 2.06 bits per heavy atom. The third kappa shape index (κ3) is 3.89. The second kappa shape index (κ2) is 7.82. The molecule has 0 fully saturated rings. The smallest absolute Gasteiger partial charge is 0.175 e. The normalized spacial score (nSPS) is 18.6.